The van der Waals surface area contributed by atoms with Gasteiger partial charge in [-0.2, -0.15) is 0 Å². The van der Waals surface area contributed by atoms with Crippen LogP contribution >= 0.6 is 0 Å². The maximum Gasteiger partial charge on any atom is 0.270 e. The Bertz CT molecular complexity index is 1240. The van der Waals surface area contributed by atoms with Gasteiger partial charge in [0.15, 0.2) is 0 Å². The maximum atomic E-state index is 12.8. The van der Waals surface area contributed by atoms with Gasteiger partial charge in [0, 0.05) is 42.9 Å². The third-order valence-corrected chi connectivity index (χ3v) is 6.03. The Morgan fingerprint density at radius 2 is 1.79 bits per heavy atom. The first-order chi connectivity index (χ1) is 16.2. The number of rotatable bonds is 6. The van der Waals surface area contributed by atoms with Crippen molar-refractivity contribution in [2.24, 2.45) is 0 Å². The van der Waals surface area contributed by atoms with Crippen LogP contribution in [0.1, 0.15) is 28.9 Å². The van der Waals surface area contributed by atoms with Crippen LogP contribution in [0.25, 0.3) is 10.9 Å². The van der Waals surface area contributed by atoms with Crippen molar-refractivity contribution in [2.75, 3.05) is 18.4 Å². The quantitative estimate of drug-likeness (QED) is 0.455. The van der Waals surface area contributed by atoms with E-state index < -0.39 is 0 Å². The highest BCUT2D eigenvalue weighted by atomic mass is 16.1. The van der Waals surface area contributed by atoms with Gasteiger partial charge >= 0.3 is 0 Å². The van der Waals surface area contributed by atoms with Crippen molar-refractivity contribution in [2.45, 2.75) is 25.4 Å². The second kappa shape index (κ2) is 9.79. The van der Waals surface area contributed by atoms with Crippen LogP contribution in [0.5, 0.6) is 0 Å². The predicted molar refractivity (Wildman–Crippen MR) is 131 cm³/mol. The smallest absolute Gasteiger partial charge is 0.270 e. The van der Waals surface area contributed by atoms with Gasteiger partial charge in [-0.05, 0) is 54.8 Å². The molecule has 0 spiro atoms. The molecule has 0 unspecified atom stereocenters. The molecule has 1 amide bonds. The molecular weight excluding hydrogens is 410 g/mol. The highest BCUT2D eigenvalue weighted by Gasteiger charge is 2.21. The Kier molecular flexibility index (Phi) is 6.26. The molecule has 0 saturated carbocycles. The molecule has 4 aromatic rings. The molecule has 5 rings (SSSR count). The van der Waals surface area contributed by atoms with E-state index >= 15 is 0 Å². The fourth-order valence-corrected chi connectivity index (χ4v) is 4.27. The van der Waals surface area contributed by atoms with Gasteiger partial charge in [-0.15, -0.1) is 0 Å². The monoisotopic (exact) mass is 437 g/mol. The third-order valence-electron chi connectivity index (χ3n) is 6.03. The molecule has 6 heteroatoms. The molecule has 1 saturated heterocycles. The van der Waals surface area contributed by atoms with Crippen LogP contribution in [-0.2, 0) is 6.54 Å². The fourth-order valence-electron chi connectivity index (χ4n) is 4.27. The molecule has 0 bridgehead atoms. The number of amides is 1. The molecule has 1 aliphatic rings. The molecular formula is C27H27N5O. The zero-order chi connectivity index (χ0) is 22.5. The Labute approximate surface area is 193 Å². The SMILES string of the molecule is O=C(NC1CCN(Cc2ccccc2)CC1)c1cccc(Nc2ccc3ncccc3c2)n1. The van der Waals surface area contributed by atoms with E-state index in [1.807, 2.05) is 48.5 Å². The van der Waals surface area contributed by atoms with Gasteiger partial charge in [-0.25, -0.2) is 4.98 Å². The summed E-state index contributed by atoms with van der Waals surface area (Å²) >= 11 is 0. The Balaban J connectivity index is 1.17. The number of hydrogen-bond donors (Lipinski definition) is 2. The Morgan fingerprint density at radius 3 is 2.64 bits per heavy atom. The molecule has 2 aromatic heterocycles. The van der Waals surface area contributed by atoms with Gasteiger partial charge in [-0.3, -0.25) is 14.7 Å². The molecule has 2 aromatic carbocycles. The normalized spacial score (nSPS) is 14.8. The molecule has 166 valence electrons. The molecule has 1 aliphatic heterocycles. The average molecular weight is 438 g/mol. The number of likely N-dealkylation sites (tertiary alicyclic amines) is 1. The van der Waals surface area contributed by atoms with Gasteiger partial charge in [0.2, 0.25) is 0 Å². The molecule has 6 nitrogen and oxygen atoms in total. The minimum atomic E-state index is -0.122. The Morgan fingerprint density at radius 1 is 0.939 bits per heavy atom. The van der Waals surface area contributed by atoms with Crippen LogP contribution in [0.15, 0.2) is 85.1 Å². The summed E-state index contributed by atoms with van der Waals surface area (Å²) in [6.07, 6.45) is 3.68. The van der Waals surface area contributed by atoms with E-state index in [0.29, 0.717) is 11.5 Å². The first-order valence-electron chi connectivity index (χ1n) is 11.4. The summed E-state index contributed by atoms with van der Waals surface area (Å²) in [5.41, 5.74) is 3.61. The number of hydrogen-bond acceptors (Lipinski definition) is 5. The number of aromatic nitrogens is 2. The van der Waals surface area contributed by atoms with Crippen molar-refractivity contribution in [3.63, 3.8) is 0 Å². The van der Waals surface area contributed by atoms with Crippen LogP contribution in [-0.4, -0.2) is 39.9 Å². The van der Waals surface area contributed by atoms with Crippen molar-refractivity contribution < 1.29 is 4.79 Å². The largest absolute Gasteiger partial charge is 0.348 e. The standard InChI is InChI=1S/C27H27N5O/c33-27(30-22-13-16-32(17-14-22)19-20-6-2-1-3-7-20)25-9-4-10-26(31-25)29-23-11-12-24-21(18-23)8-5-15-28-24/h1-12,15,18,22H,13-14,16-17,19H2,(H,29,31)(H,30,33). The Hall–Kier alpha value is -3.77. The minimum absolute atomic E-state index is 0.122. The van der Waals surface area contributed by atoms with E-state index in [-0.39, 0.29) is 11.9 Å². The maximum absolute atomic E-state index is 12.8. The van der Waals surface area contributed by atoms with Crippen LogP contribution < -0.4 is 10.6 Å². The lowest BCUT2D eigenvalue weighted by Gasteiger charge is -2.32. The zero-order valence-electron chi connectivity index (χ0n) is 18.4. The van der Waals surface area contributed by atoms with Crippen molar-refractivity contribution in [1.82, 2.24) is 20.2 Å². The molecule has 0 aliphatic carbocycles. The van der Waals surface area contributed by atoms with Gasteiger partial charge < -0.3 is 10.6 Å². The van der Waals surface area contributed by atoms with Gasteiger partial charge in [-0.1, -0.05) is 42.5 Å². The third kappa shape index (κ3) is 5.35. The zero-order valence-corrected chi connectivity index (χ0v) is 18.4. The first kappa shape index (κ1) is 21.1. The minimum Gasteiger partial charge on any atom is -0.348 e. The lowest BCUT2D eigenvalue weighted by atomic mass is 10.0. The van der Waals surface area contributed by atoms with Crippen LogP contribution in [0.2, 0.25) is 0 Å². The summed E-state index contributed by atoms with van der Waals surface area (Å²) in [4.78, 5) is 24.2. The summed E-state index contributed by atoms with van der Waals surface area (Å²) < 4.78 is 0. The number of benzene rings is 2. The summed E-state index contributed by atoms with van der Waals surface area (Å²) in [5, 5.41) is 7.52. The number of fused-ring (bicyclic) bond motifs is 1. The molecule has 3 heterocycles. The number of nitrogens with zero attached hydrogens (tertiary/aromatic N) is 3. The van der Waals surface area contributed by atoms with Crippen LogP contribution in [0, 0.1) is 0 Å². The molecule has 0 atom stereocenters. The van der Waals surface area contributed by atoms with E-state index in [1.165, 1.54) is 5.56 Å². The second-order valence-corrected chi connectivity index (χ2v) is 8.45. The lowest BCUT2D eigenvalue weighted by Crippen LogP contribution is -2.44. The average Bonchev–Trinajstić information content (AvgIpc) is 2.86. The number of pyridine rings is 2. The van der Waals surface area contributed by atoms with E-state index in [9.17, 15) is 4.79 Å². The second-order valence-electron chi connectivity index (χ2n) is 8.45. The highest BCUT2D eigenvalue weighted by Crippen LogP contribution is 2.20. The summed E-state index contributed by atoms with van der Waals surface area (Å²) in [5.74, 6) is 0.520. The van der Waals surface area contributed by atoms with Crippen molar-refractivity contribution >= 4 is 28.3 Å². The van der Waals surface area contributed by atoms with Crippen LogP contribution in [0.3, 0.4) is 0 Å². The number of nitrogens with one attached hydrogen (secondary N) is 2. The first-order valence-corrected chi connectivity index (χ1v) is 11.4. The summed E-state index contributed by atoms with van der Waals surface area (Å²) in [6, 6.07) is 26.1. The number of anilines is 2. The number of carbonyl (C=O) groups excluding carboxylic acids is 1. The van der Waals surface area contributed by atoms with E-state index in [1.54, 1.807) is 12.3 Å². The van der Waals surface area contributed by atoms with Crippen molar-refractivity contribution in [1.29, 1.82) is 0 Å². The van der Waals surface area contributed by atoms with Crippen LogP contribution in [0.4, 0.5) is 11.5 Å². The van der Waals surface area contributed by atoms with E-state index in [2.05, 4.69) is 49.8 Å². The van der Waals surface area contributed by atoms with E-state index in [0.717, 1.165) is 49.1 Å². The fraction of sp³-hybridized carbons (Fsp3) is 0.222. The lowest BCUT2D eigenvalue weighted by molar-refractivity contribution is 0.0904. The van der Waals surface area contributed by atoms with Crippen molar-refractivity contribution in [3.05, 3.63) is 96.3 Å². The van der Waals surface area contributed by atoms with Gasteiger partial charge in [0.25, 0.3) is 5.91 Å². The van der Waals surface area contributed by atoms with Crippen molar-refractivity contribution in [3.8, 4) is 0 Å². The topological polar surface area (TPSA) is 70.2 Å². The highest BCUT2D eigenvalue weighted by molar-refractivity contribution is 5.93. The number of piperidine rings is 1. The van der Waals surface area contributed by atoms with Gasteiger partial charge in [0.05, 0.1) is 5.52 Å². The molecule has 1 fully saturated rings. The molecule has 0 radical (unpaired) electrons. The molecule has 33 heavy (non-hydrogen) atoms. The van der Waals surface area contributed by atoms with Gasteiger partial charge in [0.1, 0.15) is 11.5 Å². The summed E-state index contributed by atoms with van der Waals surface area (Å²) in [7, 11) is 0. The predicted octanol–water partition coefficient (Wildman–Crippen LogP) is 4.77. The van der Waals surface area contributed by atoms with E-state index in [4.69, 9.17) is 0 Å². The molecule has 2 N–H and O–H groups in total. The summed E-state index contributed by atoms with van der Waals surface area (Å²) in [6.45, 7) is 2.92. The number of carbonyl (C=O) groups is 1.